The number of aromatic nitrogens is 4. The summed E-state index contributed by atoms with van der Waals surface area (Å²) in [6.45, 7) is 2.91. The van der Waals surface area contributed by atoms with Gasteiger partial charge in [-0.05, 0) is 60.9 Å². The van der Waals surface area contributed by atoms with Crippen LogP contribution >= 0.6 is 0 Å². The van der Waals surface area contributed by atoms with E-state index in [1.54, 1.807) is 0 Å². The lowest BCUT2D eigenvalue weighted by Gasteiger charge is -2.52. The van der Waals surface area contributed by atoms with Crippen molar-refractivity contribution in [3.8, 4) is 22.4 Å². The van der Waals surface area contributed by atoms with Crippen molar-refractivity contribution < 1.29 is 9.84 Å². The maximum Gasteiger partial charge on any atom is 0.232 e. The zero-order chi connectivity index (χ0) is 26.9. The normalized spacial score (nSPS) is 24.9. The van der Waals surface area contributed by atoms with Gasteiger partial charge in [0.25, 0.3) is 0 Å². The summed E-state index contributed by atoms with van der Waals surface area (Å²) in [5.74, 6) is 1.25. The molecule has 3 fully saturated rings. The van der Waals surface area contributed by atoms with Gasteiger partial charge >= 0.3 is 0 Å². The zero-order valence-electron chi connectivity index (χ0n) is 22.3. The molecule has 3 aromatic heterocycles. The van der Waals surface area contributed by atoms with E-state index in [0.29, 0.717) is 32.0 Å². The molecule has 0 atom stereocenters. The number of hydrogen-bond acceptors (Lipinski definition) is 7. The summed E-state index contributed by atoms with van der Waals surface area (Å²) in [7, 11) is 0. The third-order valence-electron chi connectivity index (χ3n) is 9.03. The van der Waals surface area contributed by atoms with Crippen LogP contribution in [0.15, 0.2) is 72.8 Å². The van der Waals surface area contributed by atoms with Crippen LogP contribution in [0.1, 0.15) is 31.2 Å². The van der Waals surface area contributed by atoms with E-state index in [1.165, 1.54) is 0 Å². The molecule has 0 radical (unpaired) electrons. The Morgan fingerprint density at radius 3 is 2.35 bits per heavy atom. The Morgan fingerprint density at radius 2 is 1.62 bits per heavy atom. The molecule has 202 valence electrons. The van der Waals surface area contributed by atoms with Crippen LogP contribution < -0.4 is 10.6 Å². The third-order valence-corrected chi connectivity index (χ3v) is 9.03. The third kappa shape index (κ3) is 3.82. The van der Waals surface area contributed by atoms with E-state index in [-0.39, 0.29) is 0 Å². The number of benzene rings is 2. The van der Waals surface area contributed by atoms with Crippen LogP contribution in [-0.4, -0.2) is 56.6 Å². The van der Waals surface area contributed by atoms with Crippen molar-refractivity contribution in [2.24, 2.45) is 11.7 Å². The summed E-state index contributed by atoms with van der Waals surface area (Å²) in [6.07, 6.45) is 3.51. The standard InChI is InChI=1S/C32H32N6O2/c33-31(19-32(39,20-31)24-10-11-24)23-8-6-22(7-9-23)29-25(21-4-2-1-3-5-21)18-27-26(34-29)12-13-28-35-36-30(38(27)28)37-14-16-40-17-15-37/h1-9,12-13,18,24,39H,10-11,14-17,19-20,33H2/t31-,32-. The molecule has 3 aliphatic rings. The van der Waals surface area contributed by atoms with Crippen LogP contribution in [0, 0.1) is 5.92 Å². The summed E-state index contributed by atoms with van der Waals surface area (Å²) >= 11 is 0. The Balaban J connectivity index is 1.24. The smallest absolute Gasteiger partial charge is 0.232 e. The summed E-state index contributed by atoms with van der Waals surface area (Å²) < 4.78 is 7.68. The van der Waals surface area contributed by atoms with Crippen LogP contribution in [0.25, 0.3) is 39.1 Å². The van der Waals surface area contributed by atoms with Crippen LogP contribution in [0.2, 0.25) is 0 Å². The monoisotopic (exact) mass is 532 g/mol. The van der Waals surface area contributed by atoms with Gasteiger partial charge in [0.2, 0.25) is 5.95 Å². The van der Waals surface area contributed by atoms with Crippen LogP contribution in [-0.2, 0) is 10.3 Å². The minimum absolute atomic E-state index is 0.430. The number of morpholine rings is 1. The molecule has 0 spiro atoms. The minimum Gasteiger partial charge on any atom is -0.389 e. The highest BCUT2D eigenvalue weighted by Crippen LogP contribution is 2.57. The van der Waals surface area contributed by atoms with Crippen molar-refractivity contribution in [3.63, 3.8) is 0 Å². The first-order chi connectivity index (χ1) is 19.5. The largest absolute Gasteiger partial charge is 0.389 e. The molecule has 40 heavy (non-hydrogen) atoms. The molecule has 2 aromatic carbocycles. The van der Waals surface area contributed by atoms with Crippen molar-refractivity contribution in [2.45, 2.75) is 36.8 Å². The molecule has 0 bridgehead atoms. The van der Waals surface area contributed by atoms with Gasteiger partial charge in [-0.15, -0.1) is 10.2 Å². The number of fused-ring (bicyclic) bond motifs is 3. The molecule has 0 amide bonds. The second-order valence-electron chi connectivity index (χ2n) is 11.7. The highest BCUT2D eigenvalue weighted by Gasteiger charge is 2.58. The van der Waals surface area contributed by atoms with Crippen molar-refractivity contribution in [3.05, 3.63) is 78.4 Å². The lowest BCUT2D eigenvalue weighted by molar-refractivity contribution is -0.106. The zero-order valence-corrected chi connectivity index (χ0v) is 22.3. The van der Waals surface area contributed by atoms with E-state index < -0.39 is 11.1 Å². The molecule has 8 nitrogen and oxygen atoms in total. The number of pyridine rings is 2. The fraction of sp³-hybridized carbons (Fsp3) is 0.344. The van der Waals surface area contributed by atoms with Gasteiger partial charge in [0, 0.05) is 29.8 Å². The van der Waals surface area contributed by atoms with E-state index in [9.17, 15) is 5.11 Å². The number of hydrogen-bond donors (Lipinski definition) is 2. The van der Waals surface area contributed by atoms with E-state index in [1.807, 2.05) is 18.2 Å². The molecule has 2 saturated carbocycles. The van der Waals surface area contributed by atoms with Gasteiger partial charge in [-0.2, -0.15) is 0 Å². The van der Waals surface area contributed by atoms with E-state index >= 15 is 0 Å². The molecule has 5 aromatic rings. The highest BCUT2D eigenvalue weighted by atomic mass is 16.5. The summed E-state index contributed by atoms with van der Waals surface area (Å²) in [5.41, 5.74) is 13.5. The van der Waals surface area contributed by atoms with Gasteiger partial charge in [0.15, 0.2) is 5.65 Å². The SMILES string of the molecule is N[C@]1(c2ccc(-c3nc4ccc5nnc(N6CCOCC6)n5c4cc3-c3ccccc3)cc2)C[C@](O)(C2CC2)C1. The molecular weight excluding hydrogens is 500 g/mol. The summed E-state index contributed by atoms with van der Waals surface area (Å²) in [6, 6.07) is 25.1. The summed E-state index contributed by atoms with van der Waals surface area (Å²) in [4.78, 5) is 7.45. The fourth-order valence-electron chi connectivity index (χ4n) is 6.74. The first kappa shape index (κ1) is 24.0. The number of aliphatic hydroxyl groups is 1. The highest BCUT2D eigenvalue weighted by molar-refractivity contribution is 5.91. The fourth-order valence-corrected chi connectivity index (χ4v) is 6.74. The Bertz CT molecular complexity index is 1720. The van der Waals surface area contributed by atoms with Gasteiger partial charge in [-0.3, -0.25) is 4.40 Å². The molecule has 8 rings (SSSR count). The predicted molar refractivity (Wildman–Crippen MR) is 155 cm³/mol. The van der Waals surface area contributed by atoms with E-state index in [2.05, 4.69) is 74.1 Å². The van der Waals surface area contributed by atoms with Gasteiger partial charge in [-0.1, -0.05) is 54.6 Å². The van der Waals surface area contributed by atoms with Gasteiger partial charge < -0.3 is 20.5 Å². The number of nitrogens with zero attached hydrogens (tertiary/aromatic N) is 5. The lowest BCUT2D eigenvalue weighted by Crippen LogP contribution is -2.60. The number of nitrogens with two attached hydrogens (primary N) is 1. The second kappa shape index (κ2) is 8.83. The molecule has 8 heteroatoms. The molecular formula is C32H32N6O2. The van der Waals surface area contributed by atoms with Crippen LogP contribution in [0.5, 0.6) is 0 Å². The number of ether oxygens (including phenoxy) is 1. The molecule has 3 N–H and O–H groups in total. The summed E-state index contributed by atoms with van der Waals surface area (Å²) in [5, 5.41) is 19.9. The van der Waals surface area contributed by atoms with Crippen LogP contribution in [0.4, 0.5) is 5.95 Å². The number of rotatable bonds is 5. The molecule has 1 saturated heterocycles. The molecule has 0 unspecified atom stereocenters. The van der Waals surface area contributed by atoms with Gasteiger partial charge in [-0.25, -0.2) is 4.98 Å². The minimum atomic E-state index is -0.582. The van der Waals surface area contributed by atoms with E-state index in [4.69, 9.17) is 15.5 Å². The Labute approximate surface area is 232 Å². The van der Waals surface area contributed by atoms with E-state index in [0.717, 1.165) is 76.5 Å². The average Bonchev–Trinajstić information content (AvgIpc) is 3.76. The van der Waals surface area contributed by atoms with Crippen molar-refractivity contribution >= 4 is 22.6 Å². The Morgan fingerprint density at radius 1 is 0.875 bits per heavy atom. The first-order valence-electron chi connectivity index (χ1n) is 14.2. The first-order valence-corrected chi connectivity index (χ1v) is 14.2. The van der Waals surface area contributed by atoms with Crippen molar-refractivity contribution in [2.75, 3.05) is 31.2 Å². The Hall–Kier alpha value is -3.85. The second-order valence-corrected chi connectivity index (χ2v) is 11.7. The van der Waals surface area contributed by atoms with Crippen molar-refractivity contribution in [1.29, 1.82) is 0 Å². The van der Waals surface area contributed by atoms with Crippen molar-refractivity contribution in [1.82, 2.24) is 19.6 Å². The predicted octanol–water partition coefficient (Wildman–Crippen LogP) is 4.54. The van der Waals surface area contributed by atoms with Gasteiger partial charge in [0.05, 0.1) is 35.5 Å². The number of anilines is 1. The van der Waals surface area contributed by atoms with Gasteiger partial charge in [0.1, 0.15) is 0 Å². The molecule has 4 heterocycles. The average molecular weight is 533 g/mol. The Kier molecular flexibility index (Phi) is 5.29. The van der Waals surface area contributed by atoms with Crippen LogP contribution in [0.3, 0.4) is 0 Å². The quantitative estimate of drug-likeness (QED) is 0.343. The maximum absolute atomic E-state index is 10.9. The molecule has 1 aliphatic heterocycles. The molecule has 2 aliphatic carbocycles. The maximum atomic E-state index is 10.9. The topological polar surface area (TPSA) is 102 Å². The lowest BCUT2D eigenvalue weighted by atomic mass is 9.60.